The highest BCUT2D eigenvalue weighted by atomic mass is 35.5. The van der Waals surface area contributed by atoms with E-state index in [4.69, 9.17) is 5.73 Å². The zero-order valence-electron chi connectivity index (χ0n) is 5.91. The van der Waals surface area contributed by atoms with E-state index < -0.39 is 0 Å². The molecular formula is C7H12ClNS. The van der Waals surface area contributed by atoms with Crippen molar-refractivity contribution in [2.45, 2.75) is 19.4 Å². The Morgan fingerprint density at radius 1 is 1.70 bits per heavy atom. The van der Waals surface area contributed by atoms with Crippen molar-refractivity contribution in [3.8, 4) is 0 Å². The molecule has 0 fully saturated rings. The van der Waals surface area contributed by atoms with Crippen LogP contribution in [-0.2, 0) is 0 Å². The molecule has 0 aliphatic rings. The lowest BCUT2D eigenvalue weighted by molar-refractivity contribution is 0.701. The third-order valence-corrected chi connectivity index (χ3v) is 2.11. The lowest BCUT2D eigenvalue weighted by atomic mass is 10.1. The first-order valence-electron chi connectivity index (χ1n) is 3.12. The molecule has 3 heteroatoms. The van der Waals surface area contributed by atoms with Crippen LogP contribution in [0.2, 0.25) is 0 Å². The predicted molar refractivity (Wildman–Crippen MR) is 48.8 cm³/mol. The maximum Gasteiger partial charge on any atom is 0.0300 e. The molecule has 1 atom stereocenters. The largest absolute Gasteiger partial charge is 0.324 e. The van der Waals surface area contributed by atoms with Gasteiger partial charge in [0.1, 0.15) is 0 Å². The maximum atomic E-state index is 5.75. The summed E-state index contributed by atoms with van der Waals surface area (Å²) in [7, 11) is 0. The molecule has 0 aliphatic carbocycles. The van der Waals surface area contributed by atoms with Crippen LogP contribution in [0.4, 0.5) is 0 Å². The highest BCUT2D eigenvalue weighted by Gasteiger charge is 2.00. The third kappa shape index (κ3) is 2.29. The van der Waals surface area contributed by atoms with Gasteiger partial charge < -0.3 is 5.73 Å². The molecule has 58 valence electrons. The topological polar surface area (TPSA) is 26.0 Å². The fourth-order valence-electron chi connectivity index (χ4n) is 0.722. The van der Waals surface area contributed by atoms with Gasteiger partial charge in [-0.25, -0.2) is 0 Å². The Balaban J connectivity index is 0.000000810. The van der Waals surface area contributed by atoms with E-state index >= 15 is 0 Å². The molecule has 1 rings (SSSR count). The summed E-state index contributed by atoms with van der Waals surface area (Å²) in [4.78, 5) is 0. The van der Waals surface area contributed by atoms with Crippen LogP contribution in [0.25, 0.3) is 0 Å². The van der Waals surface area contributed by atoms with Crippen LogP contribution in [0.1, 0.15) is 24.9 Å². The zero-order valence-corrected chi connectivity index (χ0v) is 7.54. The van der Waals surface area contributed by atoms with Crippen LogP contribution in [0.3, 0.4) is 0 Å². The summed E-state index contributed by atoms with van der Waals surface area (Å²) in [5, 5.41) is 4.17. The van der Waals surface area contributed by atoms with Crippen molar-refractivity contribution in [3.05, 3.63) is 22.4 Å². The van der Waals surface area contributed by atoms with E-state index in [9.17, 15) is 0 Å². The summed E-state index contributed by atoms with van der Waals surface area (Å²) in [5.74, 6) is 0. The Labute approximate surface area is 71.7 Å². The van der Waals surface area contributed by atoms with Gasteiger partial charge in [-0.05, 0) is 28.8 Å². The van der Waals surface area contributed by atoms with Crippen molar-refractivity contribution in [1.82, 2.24) is 0 Å². The van der Waals surface area contributed by atoms with Crippen LogP contribution < -0.4 is 5.73 Å². The number of hydrogen-bond donors (Lipinski definition) is 1. The fourth-order valence-corrected chi connectivity index (χ4v) is 1.45. The summed E-state index contributed by atoms with van der Waals surface area (Å²) >= 11 is 1.70. The highest BCUT2D eigenvalue weighted by Crippen LogP contribution is 2.15. The molecule has 0 bridgehead atoms. The van der Waals surface area contributed by atoms with Gasteiger partial charge >= 0.3 is 0 Å². The standard InChI is InChI=1S/C7H11NS.ClH/c1-2-7(8)6-3-4-9-5-6;/h3-5,7H,2,8H2,1H3;1H. The molecule has 0 radical (unpaired) electrons. The third-order valence-electron chi connectivity index (χ3n) is 1.41. The van der Waals surface area contributed by atoms with E-state index in [1.165, 1.54) is 5.56 Å². The molecule has 1 nitrogen and oxygen atoms in total. The van der Waals surface area contributed by atoms with Crippen LogP contribution in [-0.4, -0.2) is 0 Å². The van der Waals surface area contributed by atoms with E-state index in [0.717, 1.165) is 6.42 Å². The van der Waals surface area contributed by atoms with Gasteiger partial charge in [0, 0.05) is 6.04 Å². The number of thiophene rings is 1. The van der Waals surface area contributed by atoms with Crippen molar-refractivity contribution >= 4 is 23.7 Å². The van der Waals surface area contributed by atoms with Crippen LogP contribution in [0.15, 0.2) is 16.8 Å². The molecule has 1 unspecified atom stereocenters. The zero-order chi connectivity index (χ0) is 6.69. The molecule has 0 saturated carbocycles. The Kier molecular flexibility index (Phi) is 4.69. The summed E-state index contributed by atoms with van der Waals surface area (Å²) in [6.45, 7) is 2.10. The Bertz CT molecular complexity index is 162. The number of nitrogens with two attached hydrogens (primary N) is 1. The van der Waals surface area contributed by atoms with E-state index in [1.807, 2.05) is 0 Å². The predicted octanol–water partition coefficient (Wildman–Crippen LogP) is 2.58. The summed E-state index contributed by atoms with van der Waals surface area (Å²) in [5.41, 5.74) is 7.01. The molecule has 0 aromatic carbocycles. The summed E-state index contributed by atoms with van der Waals surface area (Å²) in [6, 6.07) is 2.33. The van der Waals surface area contributed by atoms with E-state index in [0.29, 0.717) is 0 Å². The van der Waals surface area contributed by atoms with Crippen molar-refractivity contribution in [2.75, 3.05) is 0 Å². The normalized spacial score (nSPS) is 12.2. The average molecular weight is 178 g/mol. The molecule has 0 saturated heterocycles. The molecule has 10 heavy (non-hydrogen) atoms. The van der Waals surface area contributed by atoms with Gasteiger partial charge in [0.15, 0.2) is 0 Å². The van der Waals surface area contributed by atoms with E-state index in [2.05, 4.69) is 23.8 Å². The summed E-state index contributed by atoms with van der Waals surface area (Å²) in [6.07, 6.45) is 1.02. The highest BCUT2D eigenvalue weighted by molar-refractivity contribution is 7.07. The molecule has 0 spiro atoms. The van der Waals surface area contributed by atoms with Gasteiger partial charge in [0.05, 0.1) is 0 Å². The minimum atomic E-state index is 0. The number of hydrogen-bond acceptors (Lipinski definition) is 2. The van der Waals surface area contributed by atoms with Crippen molar-refractivity contribution in [1.29, 1.82) is 0 Å². The minimum absolute atomic E-state index is 0. The number of rotatable bonds is 2. The van der Waals surface area contributed by atoms with Crippen LogP contribution in [0.5, 0.6) is 0 Å². The molecule has 1 aromatic heterocycles. The molecule has 0 aliphatic heterocycles. The monoisotopic (exact) mass is 177 g/mol. The minimum Gasteiger partial charge on any atom is -0.324 e. The van der Waals surface area contributed by atoms with Crippen molar-refractivity contribution in [2.24, 2.45) is 5.73 Å². The molecular weight excluding hydrogens is 166 g/mol. The van der Waals surface area contributed by atoms with Crippen molar-refractivity contribution < 1.29 is 0 Å². The second-order valence-corrected chi connectivity index (χ2v) is 2.85. The Morgan fingerprint density at radius 3 is 2.80 bits per heavy atom. The first-order valence-corrected chi connectivity index (χ1v) is 4.06. The number of halogens is 1. The van der Waals surface area contributed by atoms with E-state index in [1.54, 1.807) is 11.3 Å². The van der Waals surface area contributed by atoms with Crippen molar-refractivity contribution in [3.63, 3.8) is 0 Å². The second-order valence-electron chi connectivity index (χ2n) is 2.07. The van der Waals surface area contributed by atoms with Gasteiger partial charge in [-0.1, -0.05) is 6.92 Å². The molecule has 0 amide bonds. The van der Waals surface area contributed by atoms with E-state index in [-0.39, 0.29) is 18.4 Å². The second kappa shape index (κ2) is 4.72. The average Bonchev–Trinajstić information content (AvgIpc) is 2.37. The quantitative estimate of drug-likeness (QED) is 0.739. The van der Waals surface area contributed by atoms with Crippen LogP contribution >= 0.6 is 23.7 Å². The molecule has 1 heterocycles. The lowest BCUT2D eigenvalue weighted by Gasteiger charge is -2.03. The SMILES string of the molecule is CCC(N)c1ccsc1.Cl. The lowest BCUT2D eigenvalue weighted by Crippen LogP contribution is -2.06. The first kappa shape index (κ1) is 9.95. The first-order chi connectivity index (χ1) is 4.34. The Hall–Kier alpha value is -0.0500. The van der Waals surface area contributed by atoms with Gasteiger partial charge in [-0.15, -0.1) is 12.4 Å². The fraction of sp³-hybridized carbons (Fsp3) is 0.429. The molecule has 2 N–H and O–H groups in total. The van der Waals surface area contributed by atoms with Gasteiger partial charge in [0.2, 0.25) is 0 Å². The smallest absolute Gasteiger partial charge is 0.0300 e. The maximum absolute atomic E-state index is 5.75. The van der Waals surface area contributed by atoms with Crippen LogP contribution in [0, 0.1) is 0 Å². The Morgan fingerprint density at radius 2 is 2.40 bits per heavy atom. The molecule has 1 aromatic rings. The summed E-state index contributed by atoms with van der Waals surface area (Å²) < 4.78 is 0. The van der Waals surface area contributed by atoms with Gasteiger partial charge in [-0.2, -0.15) is 11.3 Å². The van der Waals surface area contributed by atoms with Gasteiger partial charge in [0.25, 0.3) is 0 Å². The van der Waals surface area contributed by atoms with Gasteiger partial charge in [-0.3, -0.25) is 0 Å².